The summed E-state index contributed by atoms with van der Waals surface area (Å²) < 4.78 is 11.8. The number of hydrogen-bond acceptors (Lipinski definition) is 3. The summed E-state index contributed by atoms with van der Waals surface area (Å²) in [7, 11) is 0. The van der Waals surface area contributed by atoms with Crippen molar-refractivity contribution in [2.24, 2.45) is 0 Å². The van der Waals surface area contributed by atoms with E-state index in [4.69, 9.17) is 9.47 Å². The summed E-state index contributed by atoms with van der Waals surface area (Å²) in [5.41, 5.74) is 2.66. The van der Waals surface area contributed by atoms with Crippen molar-refractivity contribution in [2.45, 2.75) is 26.0 Å². The van der Waals surface area contributed by atoms with Crippen LogP contribution in [0.4, 0.5) is 0 Å². The fourth-order valence-corrected chi connectivity index (χ4v) is 2.91. The molecule has 1 fully saturated rings. The maximum absolute atomic E-state index is 5.93. The number of morpholine rings is 1. The molecular formula is C20H25NO2. The first-order valence-corrected chi connectivity index (χ1v) is 8.43. The lowest BCUT2D eigenvalue weighted by atomic mass is 10.1. The van der Waals surface area contributed by atoms with Gasteiger partial charge in [-0.15, -0.1) is 0 Å². The van der Waals surface area contributed by atoms with Crippen molar-refractivity contribution < 1.29 is 9.47 Å². The zero-order chi connectivity index (χ0) is 15.9. The highest BCUT2D eigenvalue weighted by atomic mass is 16.5. The summed E-state index contributed by atoms with van der Waals surface area (Å²) in [5, 5.41) is 0. The fraction of sp³-hybridized carbons (Fsp3) is 0.400. The van der Waals surface area contributed by atoms with Crippen LogP contribution in [0.25, 0.3) is 0 Å². The van der Waals surface area contributed by atoms with Gasteiger partial charge < -0.3 is 9.47 Å². The van der Waals surface area contributed by atoms with E-state index in [0.717, 1.165) is 38.4 Å². The van der Waals surface area contributed by atoms with Crippen LogP contribution in [0.15, 0.2) is 54.6 Å². The molecule has 1 saturated heterocycles. The molecular weight excluding hydrogens is 286 g/mol. The van der Waals surface area contributed by atoms with Gasteiger partial charge in [0.15, 0.2) is 0 Å². The number of hydrogen-bond donors (Lipinski definition) is 0. The third-order valence-corrected chi connectivity index (χ3v) is 4.21. The standard InChI is InChI=1S/C20H25NO2/c1-2-17-9-6-10-19(13-17)23-16-20-15-21(11-12-22-20)14-18-7-4-3-5-8-18/h3-10,13,20H,2,11-12,14-16H2,1H3. The molecule has 0 saturated carbocycles. The van der Waals surface area contributed by atoms with Crippen molar-refractivity contribution in [3.05, 3.63) is 65.7 Å². The minimum Gasteiger partial charge on any atom is -0.491 e. The van der Waals surface area contributed by atoms with E-state index in [-0.39, 0.29) is 6.10 Å². The topological polar surface area (TPSA) is 21.7 Å². The summed E-state index contributed by atoms with van der Waals surface area (Å²) in [6, 6.07) is 18.9. The largest absolute Gasteiger partial charge is 0.491 e. The molecule has 0 spiro atoms. The van der Waals surface area contributed by atoms with E-state index in [0.29, 0.717) is 6.61 Å². The van der Waals surface area contributed by atoms with Gasteiger partial charge in [-0.05, 0) is 29.7 Å². The zero-order valence-corrected chi connectivity index (χ0v) is 13.8. The van der Waals surface area contributed by atoms with Crippen LogP contribution in [0, 0.1) is 0 Å². The number of rotatable bonds is 6. The Morgan fingerprint density at radius 3 is 2.74 bits per heavy atom. The van der Waals surface area contributed by atoms with Crippen LogP contribution < -0.4 is 4.74 Å². The Bertz CT molecular complexity index is 600. The quantitative estimate of drug-likeness (QED) is 0.814. The van der Waals surface area contributed by atoms with E-state index in [1.54, 1.807) is 0 Å². The zero-order valence-electron chi connectivity index (χ0n) is 13.8. The van der Waals surface area contributed by atoms with Gasteiger partial charge in [0, 0.05) is 19.6 Å². The second-order valence-electron chi connectivity index (χ2n) is 6.03. The molecule has 1 aliphatic heterocycles. The second-order valence-corrected chi connectivity index (χ2v) is 6.03. The van der Waals surface area contributed by atoms with E-state index in [9.17, 15) is 0 Å². The van der Waals surface area contributed by atoms with Crippen molar-refractivity contribution in [1.29, 1.82) is 0 Å². The molecule has 3 rings (SSSR count). The van der Waals surface area contributed by atoms with Crippen molar-refractivity contribution in [3.8, 4) is 5.75 Å². The molecule has 0 N–H and O–H groups in total. The number of benzene rings is 2. The van der Waals surface area contributed by atoms with Gasteiger partial charge in [0.05, 0.1) is 6.61 Å². The Kier molecular flexibility index (Phi) is 5.67. The molecule has 3 heteroatoms. The minimum absolute atomic E-state index is 0.137. The molecule has 2 aromatic rings. The molecule has 0 amide bonds. The molecule has 0 aromatic heterocycles. The van der Waals surface area contributed by atoms with E-state index in [2.05, 4.69) is 60.4 Å². The third kappa shape index (κ3) is 4.81. The van der Waals surface area contributed by atoms with Crippen LogP contribution in [-0.4, -0.2) is 37.3 Å². The van der Waals surface area contributed by atoms with Gasteiger partial charge in [-0.25, -0.2) is 0 Å². The highest BCUT2D eigenvalue weighted by molar-refractivity contribution is 5.28. The molecule has 1 atom stereocenters. The predicted octanol–water partition coefficient (Wildman–Crippen LogP) is 3.53. The molecule has 2 aromatic carbocycles. The molecule has 0 bridgehead atoms. The van der Waals surface area contributed by atoms with E-state index < -0.39 is 0 Å². The predicted molar refractivity (Wildman–Crippen MR) is 92.8 cm³/mol. The Hall–Kier alpha value is -1.84. The average Bonchev–Trinajstić information content (AvgIpc) is 2.61. The number of ether oxygens (including phenoxy) is 2. The molecule has 122 valence electrons. The Labute approximate surface area is 138 Å². The normalized spacial score (nSPS) is 18.7. The molecule has 1 aliphatic rings. The lowest BCUT2D eigenvalue weighted by Crippen LogP contribution is -2.44. The van der Waals surface area contributed by atoms with Gasteiger partial charge in [-0.3, -0.25) is 4.90 Å². The summed E-state index contributed by atoms with van der Waals surface area (Å²) in [5.74, 6) is 0.938. The van der Waals surface area contributed by atoms with Gasteiger partial charge >= 0.3 is 0 Å². The number of aryl methyl sites for hydroxylation is 1. The smallest absolute Gasteiger partial charge is 0.119 e. The van der Waals surface area contributed by atoms with E-state index in [1.165, 1.54) is 11.1 Å². The highest BCUT2D eigenvalue weighted by Crippen LogP contribution is 2.16. The van der Waals surface area contributed by atoms with Gasteiger partial charge in [-0.1, -0.05) is 49.4 Å². The molecule has 0 aliphatic carbocycles. The molecule has 3 nitrogen and oxygen atoms in total. The van der Waals surface area contributed by atoms with Crippen LogP contribution in [0.5, 0.6) is 5.75 Å². The number of nitrogens with zero attached hydrogens (tertiary/aromatic N) is 1. The van der Waals surface area contributed by atoms with Crippen LogP contribution in [-0.2, 0) is 17.7 Å². The van der Waals surface area contributed by atoms with Gasteiger partial charge in [0.1, 0.15) is 18.5 Å². The van der Waals surface area contributed by atoms with Crippen LogP contribution in [0.2, 0.25) is 0 Å². The first-order chi connectivity index (χ1) is 11.3. The second kappa shape index (κ2) is 8.14. The SMILES string of the molecule is CCc1cccc(OCC2CN(Cc3ccccc3)CCO2)c1. The highest BCUT2D eigenvalue weighted by Gasteiger charge is 2.21. The monoisotopic (exact) mass is 311 g/mol. The van der Waals surface area contributed by atoms with Gasteiger partial charge in [-0.2, -0.15) is 0 Å². The first kappa shape index (κ1) is 16.0. The molecule has 23 heavy (non-hydrogen) atoms. The lowest BCUT2D eigenvalue weighted by molar-refractivity contribution is -0.0504. The summed E-state index contributed by atoms with van der Waals surface area (Å²) >= 11 is 0. The summed E-state index contributed by atoms with van der Waals surface area (Å²) in [6.07, 6.45) is 1.17. The van der Waals surface area contributed by atoms with E-state index in [1.807, 2.05) is 6.07 Å². The summed E-state index contributed by atoms with van der Waals surface area (Å²) in [6.45, 7) is 6.42. The van der Waals surface area contributed by atoms with Crippen molar-refractivity contribution in [2.75, 3.05) is 26.3 Å². The van der Waals surface area contributed by atoms with Crippen LogP contribution in [0.1, 0.15) is 18.1 Å². The fourth-order valence-electron chi connectivity index (χ4n) is 2.91. The molecule has 1 unspecified atom stereocenters. The van der Waals surface area contributed by atoms with Crippen LogP contribution in [0.3, 0.4) is 0 Å². The minimum atomic E-state index is 0.137. The third-order valence-electron chi connectivity index (χ3n) is 4.21. The van der Waals surface area contributed by atoms with Crippen LogP contribution >= 0.6 is 0 Å². The lowest BCUT2D eigenvalue weighted by Gasteiger charge is -2.32. The molecule has 0 radical (unpaired) electrons. The summed E-state index contributed by atoms with van der Waals surface area (Å²) in [4.78, 5) is 2.44. The van der Waals surface area contributed by atoms with E-state index >= 15 is 0 Å². The average molecular weight is 311 g/mol. The Morgan fingerprint density at radius 1 is 1.09 bits per heavy atom. The Balaban J connectivity index is 1.50. The van der Waals surface area contributed by atoms with Crippen molar-refractivity contribution in [3.63, 3.8) is 0 Å². The van der Waals surface area contributed by atoms with Crippen molar-refractivity contribution >= 4 is 0 Å². The first-order valence-electron chi connectivity index (χ1n) is 8.43. The van der Waals surface area contributed by atoms with Crippen molar-refractivity contribution in [1.82, 2.24) is 4.90 Å². The molecule has 1 heterocycles. The maximum atomic E-state index is 5.93. The van der Waals surface area contributed by atoms with Gasteiger partial charge in [0.25, 0.3) is 0 Å². The maximum Gasteiger partial charge on any atom is 0.119 e. The van der Waals surface area contributed by atoms with Gasteiger partial charge in [0.2, 0.25) is 0 Å². The Morgan fingerprint density at radius 2 is 1.91 bits per heavy atom.